The first kappa shape index (κ1) is 10.9. The van der Waals surface area contributed by atoms with Gasteiger partial charge in [0.2, 0.25) is 0 Å². The molecule has 0 saturated carbocycles. The van der Waals surface area contributed by atoms with Gasteiger partial charge in [0.05, 0.1) is 6.10 Å². The second kappa shape index (κ2) is 6.58. The Labute approximate surface area is 69.4 Å². The number of nitrogens with one attached hydrogen (secondary N) is 1. The van der Waals surface area contributed by atoms with Crippen LogP contribution in [0.4, 0.5) is 0 Å². The molecule has 68 valence electrons. The van der Waals surface area contributed by atoms with Crippen molar-refractivity contribution in [2.75, 3.05) is 33.7 Å². The molecule has 2 N–H and O–H groups in total. The van der Waals surface area contributed by atoms with Gasteiger partial charge in [-0.05, 0) is 27.1 Å². The summed E-state index contributed by atoms with van der Waals surface area (Å²) >= 11 is 0. The van der Waals surface area contributed by atoms with E-state index in [-0.39, 0.29) is 6.10 Å². The van der Waals surface area contributed by atoms with Gasteiger partial charge in [-0.15, -0.1) is 0 Å². The van der Waals surface area contributed by atoms with Gasteiger partial charge < -0.3 is 15.3 Å². The number of aliphatic hydroxyl groups is 1. The summed E-state index contributed by atoms with van der Waals surface area (Å²) in [6.45, 7) is 4.54. The van der Waals surface area contributed by atoms with Crippen molar-refractivity contribution >= 4 is 0 Å². The fourth-order valence-electron chi connectivity index (χ4n) is 0.931. The predicted molar refractivity (Wildman–Crippen MR) is 47.7 cm³/mol. The molecular formula is C8H20N2O. The lowest BCUT2D eigenvalue weighted by molar-refractivity contribution is 0.135. The van der Waals surface area contributed by atoms with Gasteiger partial charge in [0.25, 0.3) is 0 Å². The zero-order chi connectivity index (χ0) is 8.69. The first-order chi connectivity index (χ1) is 5.16. The van der Waals surface area contributed by atoms with E-state index in [0.29, 0.717) is 6.54 Å². The summed E-state index contributed by atoms with van der Waals surface area (Å²) in [5.41, 5.74) is 0. The Morgan fingerprint density at radius 3 is 2.55 bits per heavy atom. The van der Waals surface area contributed by atoms with E-state index >= 15 is 0 Å². The van der Waals surface area contributed by atoms with Crippen molar-refractivity contribution in [2.24, 2.45) is 0 Å². The lowest BCUT2D eigenvalue weighted by atomic mass is 10.3. The number of aliphatic hydroxyl groups excluding tert-OH is 1. The van der Waals surface area contributed by atoms with Gasteiger partial charge in [0.15, 0.2) is 0 Å². The van der Waals surface area contributed by atoms with E-state index in [0.717, 1.165) is 19.5 Å². The van der Waals surface area contributed by atoms with Gasteiger partial charge in [0, 0.05) is 13.1 Å². The molecule has 1 atom stereocenters. The van der Waals surface area contributed by atoms with Gasteiger partial charge in [-0.2, -0.15) is 0 Å². The summed E-state index contributed by atoms with van der Waals surface area (Å²) < 4.78 is 0. The fourth-order valence-corrected chi connectivity index (χ4v) is 0.931. The smallest absolute Gasteiger partial charge is 0.0791 e. The summed E-state index contributed by atoms with van der Waals surface area (Å²) in [7, 11) is 3.92. The Bertz CT molecular complexity index is 86.2. The van der Waals surface area contributed by atoms with Crippen LogP contribution in [0.25, 0.3) is 0 Å². The molecule has 0 bridgehead atoms. The SMILES string of the molecule is CCCNCC(O)CN(C)C. The van der Waals surface area contributed by atoms with Crippen LogP contribution in [0.1, 0.15) is 13.3 Å². The molecule has 0 fully saturated rings. The molecular weight excluding hydrogens is 140 g/mol. The summed E-state index contributed by atoms with van der Waals surface area (Å²) in [6, 6.07) is 0. The highest BCUT2D eigenvalue weighted by Gasteiger charge is 2.02. The molecule has 0 aromatic rings. The quantitative estimate of drug-likeness (QED) is 0.533. The zero-order valence-electron chi connectivity index (χ0n) is 7.80. The van der Waals surface area contributed by atoms with Crippen LogP contribution in [0.15, 0.2) is 0 Å². The average molecular weight is 160 g/mol. The lowest BCUT2D eigenvalue weighted by Crippen LogP contribution is -2.35. The van der Waals surface area contributed by atoms with Crippen LogP contribution in [0.3, 0.4) is 0 Å². The monoisotopic (exact) mass is 160 g/mol. The zero-order valence-corrected chi connectivity index (χ0v) is 7.80. The molecule has 0 aliphatic rings. The first-order valence-corrected chi connectivity index (χ1v) is 4.20. The standard InChI is InChI=1S/C8H20N2O/c1-4-5-9-6-8(11)7-10(2)3/h8-9,11H,4-7H2,1-3H3. The molecule has 0 heterocycles. The minimum atomic E-state index is -0.239. The molecule has 0 aliphatic heterocycles. The highest BCUT2D eigenvalue weighted by Crippen LogP contribution is 1.83. The molecule has 0 radical (unpaired) electrons. The van der Waals surface area contributed by atoms with Crippen molar-refractivity contribution in [1.29, 1.82) is 0 Å². The topological polar surface area (TPSA) is 35.5 Å². The molecule has 0 aromatic carbocycles. The van der Waals surface area contributed by atoms with Crippen LogP contribution >= 0.6 is 0 Å². The molecule has 3 nitrogen and oxygen atoms in total. The van der Waals surface area contributed by atoms with Crippen molar-refractivity contribution in [3.05, 3.63) is 0 Å². The van der Waals surface area contributed by atoms with E-state index in [9.17, 15) is 5.11 Å². The summed E-state index contributed by atoms with van der Waals surface area (Å²) in [4.78, 5) is 1.98. The van der Waals surface area contributed by atoms with E-state index in [2.05, 4.69) is 12.2 Å². The van der Waals surface area contributed by atoms with E-state index in [4.69, 9.17) is 0 Å². The van der Waals surface area contributed by atoms with Crippen LogP contribution < -0.4 is 5.32 Å². The molecule has 0 rings (SSSR count). The number of hydrogen-bond acceptors (Lipinski definition) is 3. The Morgan fingerprint density at radius 2 is 2.09 bits per heavy atom. The van der Waals surface area contributed by atoms with Crippen molar-refractivity contribution in [2.45, 2.75) is 19.4 Å². The molecule has 0 aliphatic carbocycles. The number of hydrogen-bond donors (Lipinski definition) is 2. The van der Waals surface area contributed by atoms with Crippen LogP contribution in [0, 0.1) is 0 Å². The Balaban J connectivity index is 3.15. The Morgan fingerprint density at radius 1 is 1.45 bits per heavy atom. The van der Waals surface area contributed by atoms with E-state index in [1.807, 2.05) is 19.0 Å². The third-order valence-corrected chi connectivity index (χ3v) is 1.38. The lowest BCUT2D eigenvalue weighted by Gasteiger charge is -2.15. The van der Waals surface area contributed by atoms with Crippen LogP contribution in [-0.2, 0) is 0 Å². The molecule has 3 heteroatoms. The second-order valence-corrected chi connectivity index (χ2v) is 3.12. The van der Waals surface area contributed by atoms with Crippen LogP contribution in [0.5, 0.6) is 0 Å². The maximum Gasteiger partial charge on any atom is 0.0791 e. The van der Waals surface area contributed by atoms with E-state index in [1.165, 1.54) is 0 Å². The van der Waals surface area contributed by atoms with Crippen molar-refractivity contribution < 1.29 is 5.11 Å². The van der Waals surface area contributed by atoms with Crippen LogP contribution in [0.2, 0.25) is 0 Å². The van der Waals surface area contributed by atoms with Crippen molar-refractivity contribution in [3.8, 4) is 0 Å². The highest BCUT2D eigenvalue weighted by molar-refractivity contribution is 4.61. The molecule has 1 unspecified atom stereocenters. The third-order valence-electron chi connectivity index (χ3n) is 1.38. The third kappa shape index (κ3) is 7.78. The molecule has 0 aromatic heterocycles. The summed E-state index contributed by atoms with van der Waals surface area (Å²) in [6.07, 6.45) is 0.880. The number of nitrogens with zero attached hydrogens (tertiary/aromatic N) is 1. The molecule has 0 spiro atoms. The Hall–Kier alpha value is -0.120. The normalized spacial score (nSPS) is 13.9. The van der Waals surface area contributed by atoms with Gasteiger partial charge >= 0.3 is 0 Å². The maximum absolute atomic E-state index is 9.34. The highest BCUT2D eigenvalue weighted by atomic mass is 16.3. The first-order valence-electron chi connectivity index (χ1n) is 4.20. The van der Waals surface area contributed by atoms with Gasteiger partial charge in [-0.1, -0.05) is 6.92 Å². The fraction of sp³-hybridized carbons (Fsp3) is 1.00. The van der Waals surface area contributed by atoms with E-state index < -0.39 is 0 Å². The molecule has 0 amide bonds. The average Bonchev–Trinajstić information content (AvgIpc) is 1.86. The van der Waals surface area contributed by atoms with Gasteiger partial charge in [-0.3, -0.25) is 0 Å². The van der Waals surface area contributed by atoms with Crippen LogP contribution in [-0.4, -0.2) is 49.8 Å². The number of rotatable bonds is 6. The van der Waals surface area contributed by atoms with Crippen molar-refractivity contribution in [1.82, 2.24) is 10.2 Å². The maximum atomic E-state index is 9.34. The summed E-state index contributed by atoms with van der Waals surface area (Å²) in [5.74, 6) is 0. The second-order valence-electron chi connectivity index (χ2n) is 3.12. The van der Waals surface area contributed by atoms with Gasteiger partial charge in [-0.25, -0.2) is 0 Å². The minimum absolute atomic E-state index is 0.239. The molecule has 11 heavy (non-hydrogen) atoms. The molecule has 0 saturated heterocycles. The predicted octanol–water partition coefficient (Wildman–Crippen LogP) is -0.0915. The van der Waals surface area contributed by atoms with Crippen molar-refractivity contribution in [3.63, 3.8) is 0 Å². The number of likely N-dealkylation sites (N-methyl/N-ethyl adjacent to an activating group) is 1. The Kier molecular flexibility index (Phi) is 6.51. The summed E-state index contributed by atoms with van der Waals surface area (Å²) in [5, 5.41) is 12.5. The minimum Gasteiger partial charge on any atom is -0.390 e. The van der Waals surface area contributed by atoms with E-state index in [1.54, 1.807) is 0 Å². The largest absolute Gasteiger partial charge is 0.390 e. The van der Waals surface area contributed by atoms with Gasteiger partial charge in [0.1, 0.15) is 0 Å².